The van der Waals surface area contributed by atoms with Gasteiger partial charge in [-0.25, -0.2) is 0 Å². The zero-order valence-corrected chi connectivity index (χ0v) is 13.2. The van der Waals surface area contributed by atoms with Gasteiger partial charge in [-0.1, -0.05) is 40.0 Å². The van der Waals surface area contributed by atoms with Crippen molar-refractivity contribution >= 4 is 5.97 Å². The largest absolute Gasteiger partial charge is 0.466 e. The van der Waals surface area contributed by atoms with Crippen molar-refractivity contribution in [1.82, 2.24) is 4.90 Å². The van der Waals surface area contributed by atoms with E-state index in [1.165, 1.54) is 19.3 Å². The molecule has 2 unspecified atom stereocenters. The average molecular weight is 269 g/mol. The third-order valence-corrected chi connectivity index (χ3v) is 4.71. The van der Waals surface area contributed by atoms with Crippen LogP contribution in [0.25, 0.3) is 0 Å². The summed E-state index contributed by atoms with van der Waals surface area (Å²) in [4.78, 5) is 14.5. The predicted octanol–water partition coefficient (Wildman–Crippen LogP) is 3.62. The van der Waals surface area contributed by atoms with Gasteiger partial charge in [0.25, 0.3) is 0 Å². The highest BCUT2D eigenvalue weighted by Crippen LogP contribution is 2.40. The van der Waals surface area contributed by atoms with E-state index in [1.807, 2.05) is 6.92 Å². The lowest BCUT2D eigenvalue weighted by molar-refractivity contribution is -0.148. The second kappa shape index (κ2) is 7.88. The zero-order chi connectivity index (χ0) is 14.3. The minimum absolute atomic E-state index is 0.0221. The van der Waals surface area contributed by atoms with Crippen LogP contribution in [0.4, 0.5) is 0 Å². The second-order valence-electron chi connectivity index (χ2n) is 5.75. The van der Waals surface area contributed by atoms with Gasteiger partial charge < -0.3 is 4.74 Å². The Hall–Kier alpha value is -0.570. The molecule has 0 aromatic heterocycles. The molecule has 1 rings (SSSR count). The smallest absolute Gasteiger partial charge is 0.307 e. The van der Waals surface area contributed by atoms with Gasteiger partial charge in [-0.05, 0) is 38.8 Å². The molecule has 1 aliphatic carbocycles. The minimum Gasteiger partial charge on any atom is -0.466 e. The topological polar surface area (TPSA) is 29.5 Å². The number of esters is 1. The van der Waals surface area contributed by atoms with E-state index in [2.05, 4.69) is 25.7 Å². The Balaban J connectivity index is 2.85. The Labute approximate surface area is 118 Å². The van der Waals surface area contributed by atoms with E-state index in [4.69, 9.17) is 4.74 Å². The molecule has 112 valence electrons. The molecule has 19 heavy (non-hydrogen) atoms. The van der Waals surface area contributed by atoms with Crippen molar-refractivity contribution in [3.8, 4) is 0 Å². The van der Waals surface area contributed by atoms with Crippen molar-refractivity contribution in [2.45, 2.75) is 71.8 Å². The van der Waals surface area contributed by atoms with Crippen LogP contribution in [0.1, 0.15) is 66.2 Å². The Morgan fingerprint density at radius 2 is 1.95 bits per heavy atom. The van der Waals surface area contributed by atoms with Crippen molar-refractivity contribution in [2.75, 3.05) is 19.7 Å². The normalized spacial score (nSPS) is 27.5. The highest BCUT2D eigenvalue weighted by atomic mass is 16.5. The molecule has 3 heteroatoms. The third kappa shape index (κ3) is 4.20. The van der Waals surface area contributed by atoms with Crippen molar-refractivity contribution < 1.29 is 9.53 Å². The summed E-state index contributed by atoms with van der Waals surface area (Å²) in [7, 11) is 0. The molecular formula is C16H31NO2. The number of nitrogens with zero attached hydrogens (tertiary/aromatic N) is 1. The fourth-order valence-electron chi connectivity index (χ4n) is 3.74. The number of rotatable bonds is 7. The summed E-state index contributed by atoms with van der Waals surface area (Å²) >= 11 is 0. The van der Waals surface area contributed by atoms with Gasteiger partial charge in [0.15, 0.2) is 0 Å². The molecule has 2 atom stereocenters. The summed E-state index contributed by atoms with van der Waals surface area (Å²) in [5.74, 6) is 0.745. The molecule has 0 aromatic carbocycles. The fourth-order valence-corrected chi connectivity index (χ4v) is 3.74. The van der Waals surface area contributed by atoms with Crippen LogP contribution in [-0.4, -0.2) is 36.1 Å². The number of hydrogen-bond donors (Lipinski definition) is 0. The summed E-state index contributed by atoms with van der Waals surface area (Å²) in [6, 6.07) is 0. The molecule has 0 amide bonds. The van der Waals surface area contributed by atoms with Crippen molar-refractivity contribution in [3.05, 3.63) is 0 Å². The lowest BCUT2D eigenvalue weighted by Gasteiger charge is -2.47. The summed E-state index contributed by atoms with van der Waals surface area (Å²) in [5.41, 5.74) is 0.0503. The van der Waals surface area contributed by atoms with E-state index in [0.717, 1.165) is 31.8 Å². The zero-order valence-electron chi connectivity index (χ0n) is 13.2. The third-order valence-electron chi connectivity index (χ3n) is 4.71. The SMILES string of the molecule is CCOC(=O)CC1(N(CC)CC)CCCC(CC)C1. The van der Waals surface area contributed by atoms with E-state index < -0.39 is 0 Å². The van der Waals surface area contributed by atoms with Crippen LogP contribution in [0.2, 0.25) is 0 Å². The van der Waals surface area contributed by atoms with Gasteiger partial charge in [-0.2, -0.15) is 0 Å². The molecule has 1 fully saturated rings. The maximum atomic E-state index is 12.0. The maximum Gasteiger partial charge on any atom is 0.307 e. The van der Waals surface area contributed by atoms with Crippen molar-refractivity contribution in [1.29, 1.82) is 0 Å². The fraction of sp³-hybridized carbons (Fsp3) is 0.938. The molecule has 0 saturated heterocycles. The van der Waals surface area contributed by atoms with Crippen molar-refractivity contribution in [2.24, 2.45) is 5.92 Å². The van der Waals surface area contributed by atoms with E-state index in [9.17, 15) is 4.79 Å². The van der Waals surface area contributed by atoms with Crippen LogP contribution < -0.4 is 0 Å². The molecule has 0 radical (unpaired) electrons. The van der Waals surface area contributed by atoms with Gasteiger partial charge in [0.05, 0.1) is 13.0 Å². The number of ether oxygens (including phenoxy) is 1. The molecule has 1 aliphatic rings. The summed E-state index contributed by atoms with van der Waals surface area (Å²) < 4.78 is 5.21. The lowest BCUT2D eigenvalue weighted by Crippen LogP contribution is -2.53. The Morgan fingerprint density at radius 1 is 1.26 bits per heavy atom. The van der Waals surface area contributed by atoms with Gasteiger partial charge in [0.1, 0.15) is 0 Å². The standard InChI is InChI=1S/C16H31NO2/c1-5-14-10-9-11-16(12-14,17(6-2)7-3)13-15(18)19-8-4/h14H,5-13H2,1-4H3. The Bertz CT molecular complexity index is 276. The lowest BCUT2D eigenvalue weighted by atomic mass is 9.72. The molecule has 0 N–H and O–H groups in total. The molecule has 0 spiro atoms. The van der Waals surface area contributed by atoms with Crippen LogP contribution in [0.5, 0.6) is 0 Å². The number of carbonyl (C=O) groups is 1. The summed E-state index contributed by atoms with van der Waals surface area (Å²) in [5, 5.41) is 0. The van der Waals surface area contributed by atoms with Gasteiger partial charge in [-0.15, -0.1) is 0 Å². The van der Waals surface area contributed by atoms with Crippen LogP contribution >= 0.6 is 0 Å². The van der Waals surface area contributed by atoms with Gasteiger partial charge in [0.2, 0.25) is 0 Å². The monoisotopic (exact) mass is 269 g/mol. The number of hydrogen-bond acceptors (Lipinski definition) is 3. The van der Waals surface area contributed by atoms with E-state index >= 15 is 0 Å². The first-order valence-electron chi connectivity index (χ1n) is 8.02. The summed E-state index contributed by atoms with van der Waals surface area (Å²) in [6.45, 7) is 11.1. The van der Waals surface area contributed by atoms with Gasteiger partial charge >= 0.3 is 5.97 Å². The van der Waals surface area contributed by atoms with Gasteiger partial charge in [0, 0.05) is 5.54 Å². The minimum atomic E-state index is -0.0221. The average Bonchev–Trinajstić information content (AvgIpc) is 2.40. The molecule has 3 nitrogen and oxygen atoms in total. The van der Waals surface area contributed by atoms with Crippen LogP contribution in [0.15, 0.2) is 0 Å². The van der Waals surface area contributed by atoms with Crippen LogP contribution in [0.3, 0.4) is 0 Å². The first-order chi connectivity index (χ1) is 9.11. The van der Waals surface area contributed by atoms with Crippen LogP contribution in [-0.2, 0) is 9.53 Å². The molecular weight excluding hydrogens is 238 g/mol. The molecule has 0 aliphatic heterocycles. The Kier molecular flexibility index (Phi) is 6.84. The highest BCUT2D eigenvalue weighted by molar-refractivity contribution is 5.71. The highest BCUT2D eigenvalue weighted by Gasteiger charge is 2.41. The van der Waals surface area contributed by atoms with Crippen molar-refractivity contribution in [3.63, 3.8) is 0 Å². The van der Waals surface area contributed by atoms with E-state index in [0.29, 0.717) is 13.0 Å². The van der Waals surface area contributed by atoms with E-state index in [-0.39, 0.29) is 11.5 Å². The predicted molar refractivity (Wildman–Crippen MR) is 79.2 cm³/mol. The van der Waals surface area contributed by atoms with Crippen LogP contribution in [0, 0.1) is 5.92 Å². The Morgan fingerprint density at radius 3 is 2.47 bits per heavy atom. The molecule has 0 heterocycles. The van der Waals surface area contributed by atoms with Gasteiger partial charge in [-0.3, -0.25) is 9.69 Å². The first-order valence-corrected chi connectivity index (χ1v) is 8.02. The summed E-state index contributed by atoms with van der Waals surface area (Å²) in [6.07, 6.45) is 6.66. The molecule has 1 saturated carbocycles. The first kappa shape index (κ1) is 16.5. The molecule has 0 bridgehead atoms. The second-order valence-corrected chi connectivity index (χ2v) is 5.75. The quantitative estimate of drug-likeness (QED) is 0.661. The maximum absolute atomic E-state index is 12.0. The number of carbonyl (C=O) groups excluding carboxylic acids is 1. The molecule has 0 aromatic rings. The van der Waals surface area contributed by atoms with E-state index in [1.54, 1.807) is 0 Å².